The van der Waals surface area contributed by atoms with Gasteiger partial charge in [0, 0.05) is 10.5 Å². The van der Waals surface area contributed by atoms with Crippen LogP contribution < -0.4 is 10.5 Å². The van der Waals surface area contributed by atoms with E-state index in [-0.39, 0.29) is 23.9 Å². The largest absolute Gasteiger partial charge is 0.503 e. The summed E-state index contributed by atoms with van der Waals surface area (Å²) in [5, 5.41) is 9.82. The second-order valence-corrected chi connectivity index (χ2v) is 5.35. The number of carbonyl (C=O) groups excluding carboxylic acids is 1. The molecule has 0 unspecified atom stereocenters. The lowest BCUT2D eigenvalue weighted by Crippen LogP contribution is -2.18. The maximum atomic E-state index is 11.4. The van der Waals surface area contributed by atoms with Crippen molar-refractivity contribution in [3.8, 4) is 11.5 Å². The first-order valence-electron chi connectivity index (χ1n) is 5.58. The number of nitrogens with two attached hydrogens (primary N) is 1. The van der Waals surface area contributed by atoms with Crippen LogP contribution in [0.25, 0.3) is 0 Å². The van der Waals surface area contributed by atoms with Crippen LogP contribution in [-0.4, -0.2) is 24.8 Å². The number of methoxy groups -OCH3 is 1. The van der Waals surface area contributed by atoms with Gasteiger partial charge in [0.2, 0.25) is 0 Å². The number of benzene rings is 1. The highest BCUT2D eigenvalue weighted by Gasteiger charge is 2.21. The monoisotopic (exact) mass is 395 g/mol. The van der Waals surface area contributed by atoms with Gasteiger partial charge in [-0.3, -0.25) is 4.79 Å². The molecule has 0 radical (unpaired) electrons. The van der Waals surface area contributed by atoms with Crippen LogP contribution in [0.4, 0.5) is 0 Å². The number of halogens is 2. The van der Waals surface area contributed by atoms with Gasteiger partial charge in [0.05, 0.1) is 24.6 Å². The summed E-state index contributed by atoms with van der Waals surface area (Å²) in [7, 11) is 1.44. The van der Waals surface area contributed by atoms with Gasteiger partial charge in [-0.2, -0.15) is 0 Å². The number of ether oxygens (including phenoxy) is 2. The molecule has 1 atom stereocenters. The fourth-order valence-electron chi connectivity index (χ4n) is 1.55. The lowest BCUT2D eigenvalue weighted by Gasteiger charge is -2.17. The normalized spacial score (nSPS) is 12.1. The maximum Gasteiger partial charge on any atom is 0.307 e. The van der Waals surface area contributed by atoms with Gasteiger partial charge in [0.25, 0.3) is 0 Å². The van der Waals surface area contributed by atoms with Gasteiger partial charge in [-0.25, -0.2) is 0 Å². The zero-order chi connectivity index (χ0) is 14.6. The Labute approximate surface area is 128 Å². The number of esters is 1. The van der Waals surface area contributed by atoms with Gasteiger partial charge in [-0.05, 0) is 50.4 Å². The molecule has 5 nitrogen and oxygen atoms in total. The van der Waals surface area contributed by atoms with Crippen molar-refractivity contribution < 1.29 is 19.4 Å². The van der Waals surface area contributed by atoms with E-state index in [1.807, 2.05) is 0 Å². The molecule has 1 aromatic carbocycles. The first kappa shape index (κ1) is 16.3. The van der Waals surface area contributed by atoms with Crippen molar-refractivity contribution in [2.45, 2.75) is 19.4 Å². The third kappa shape index (κ3) is 3.84. The molecule has 1 aromatic rings. The van der Waals surface area contributed by atoms with Crippen LogP contribution in [0.15, 0.2) is 15.0 Å². The van der Waals surface area contributed by atoms with Crippen molar-refractivity contribution in [3.63, 3.8) is 0 Å². The zero-order valence-electron chi connectivity index (χ0n) is 10.6. The number of aromatic hydroxyl groups is 1. The molecule has 0 saturated carbocycles. The molecule has 0 saturated heterocycles. The number of rotatable bonds is 5. The smallest absolute Gasteiger partial charge is 0.307 e. The molecular weight excluding hydrogens is 382 g/mol. The Hall–Kier alpha value is -0.790. The van der Waals surface area contributed by atoms with Crippen LogP contribution in [0.1, 0.15) is 24.9 Å². The molecule has 0 bridgehead atoms. The minimum Gasteiger partial charge on any atom is -0.503 e. The van der Waals surface area contributed by atoms with E-state index in [0.29, 0.717) is 21.1 Å². The molecule has 0 heterocycles. The van der Waals surface area contributed by atoms with E-state index in [1.165, 1.54) is 7.11 Å². The number of phenols is 1. The van der Waals surface area contributed by atoms with Crippen molar-refractivity contribution >= 4 is 37.8 Å². The number of hydrogen-bond acceptors (Lipinski definition) is 5. The van der Waals surface area contributed by atoms with Crippen LogP contribution in [-0.2, 0) is 9.53 Å². The van der Waals surface area contributed by atoms with E-state index in [4.69, 9.17) is 15.2 Å². The molecular formula is C12H15Br2NO4. The van der Waals surface area contributed by atoms with Gasteiger partial charge in [-0.15, -0.1) is 0 Å². The summed E-state index contributed by atoms with van der Waals surface area (Å²) in [5.41, 5.74) is 6.63. The second kappa shape index (κ2) is 7.12. The molecule has 0 aliphatic heterocycles. The highest BCUT2D eigenvalue weighted by atomic mass is 79.9. The van der Waals surface area contributed by atoms with Crippen LogP contribution in [0.2, 0.25) is 0 Å². The molecule has 0 spiro atoms. The summed E-state index contributed by atoms with van der Waals surface area (Å²) >= 11 is 6.57. The highest BCUT2D eigenvalue weighted by molar-refractivity contribution is 9.13. The predicted octanol–water partition coefficient (Wildman–Crippen LogP) is 2.88. The van der Waals surface area contributed by atoms with Gasteiger partial charge in [0.1, 0.15) is 0 Å². The van der Waals surface area contributed by atoms with E-state index < -0.39 is 6.04 Å². The lowest BCUT2D eigenvalue weighted by molar-refractivity contribution is -0.143. The van der Waals surface area contributed by atoms with E-state index in [1.54, 1.807) is 13.0 Å². The summed E-state index contributed by atoms with van der Waals surface area (Å²) in [6, 6.07) is 1.04. The van der Waals surface area contributed by atoms with Crippen LogP contribution >= 0.6 is 31.9 Å². The number of carbonyl (C=O) groups is 1. The Balaban J connectivity index is 3.06. The molecule has 0 amide bonds. The minimum absolute atomic E-state index is 0.0264. The first-order valence-corrected chi connectivity index (χ1v) is 7.17. The predicted molar refractivity (Wildman–Crippen MR) is 78.2 cm³/mol. The van der Waals surface area contributed by atoms with Gasteiger partial charge < -0.3 is 20.3 Å². The van der Waals surface area contributed by atoms with Gasteiger partial charge in [-0.1, -0.05) is 0 Å². The summed E-state index contributed by atoms with van der Waals surface area (Å²) in [4.78, 5) is 11.4. The van der Waals surface area contributed by atoms with E-state index >= 15 is 0 Å². The molecule has 0 aliphatic rings. The maximum absolute atomic E-state index is 11.4. The summed E-state index contributed by atoms with van der Waals surface area (Å²) in [6.45, 7) is 2.05. The topological polar surface area (TPSA) is 81.8 Å². The Kier molecular flexibility index (Phi) is 6.09. The van der Waals surface area contributed by atoms with Crippen molar-refractivity contribution in [1.82, 2.24) is 0 Å². The first-order chi connectivity index (χ1) is 8.92. The average molecular weight is 397 g/mol. The zero-order valence-corrected chi connectivity index (χ0v) is 13.7. The highest BCUT2D eigenvalue weighted by Crippen LogP contribution is 2.43. The number of phenolic OH excluding ortho intramolecular Hbond substituents is 1. The second-order valence-electron chi connectivity index (χ2n) is 3.76. The van der Waals surface area contributed by atoms with E-state index in [2.05, 4.69) is 31.9 Å². The Morgan fingerprint density at radius 2 is 2.11 bits per heavy atom. The van der Waals surface area contributed by atoms with Crippen molar-refractivity contribution in [2.24, 2.45) is 5.73 Å². The van der Waals surface area contributed by atoms with Crippen molar-refractivity contribution in [1.29, 1.82) is 0 Å². The fourth-order valence-corrected chi connectivity index (χ4v) is 2.57. The molecule has 1 rings (SSSR count). The molecule has 0 aromatic heterocycles. The Morgan fingerprint density at radius 3 is 2.63 bits per heavy atom. The molecule has 0 aliphatic carbocycles. The minimum atomic E-state index is -0.556. The van der Waals surface area contributed by atoms with Crippen molar-refractivity contribution in [3.05, 3.63) is 20.6 Å². The van der Waals surface area contributed by atoms with E-state index in [0.717, 1.165) is 0 Å². The number of hydrogen-bond donors (Lipinski definition) is 2. The summed E-state index contributed by atoms with van der Waals surface area (Å²) in [6.07, 6.45) is 0.0484. The molecule has 3 N–H and O–H groups in total. The van der Waals surface area contributed by atoms with Gasteiger partial charge >= 0.3 is 5.97 Å². The molecule has 106 valence electrons. The van der Waals surface area contributed by atoms with Crippen molar-refractivity contribution in [2.75, 3.05) is 13.7 Å². The Morgan fingerprint density at radius 1 is 1.47 bits per heavy atom. The summed E-state index contributed by atoms with van der Waals surface area (Å²) in [5.74, 6) is -0.115. The quantitative estimate of drug-likeness (QED) is 0.747. The molecule has 0 fully saturated rings. The Bertz CT molecular complexity index is 479. The van der Waals surface area contributed by atoms with Crippen LogP contribution in [0.5, 0.6) is 11.5 Å². The average Bonchev–Trinajstić information content (AvgIpc) is 2.36. The third-order valence-electron chi connectivity index (χ3n) is 2.49. The lowest BCUT2D eigenvalue weighted by atomic mass is 10.0. The summed E-state index contributed by atoms with van der Waals surface area (Å²) < 4.78 is 10.9. The standard InChI is InChI=1S/C12H15Br2NO4/c1-3-19-9(16)5-7(15)6-4-8(18-2)12(17)11(14)10(6)13/h4,7,17H,3,5,15H2,1-2H3/t7-/m1/s1. The SMILES string of the molecule is CCOC(=O)C[C@@H](N)c1cc(OC)c(O)c(Br)c1Br. The fraction of sp³-hybridized carbons (Fsp3) is 0.417. The van der Waals surface area contributed by atoms with E-state index in [9.17, 15) is 9.90 Å². The molecule has 19 heavy (non-hydrogen) atoms. The third-order valence-corrected chi connectivity index (χ3v) is 4.64. The van der Waals surface area contributed by atoms with Crippen LogP contribution in [0, 0.1) is 0 Å². The molecule has 7 heteroatoms. The van der Waals surface area contributed by atoms with Crippen LogP contribution in [0.3, 0.4) is 0 Å². The van der Waals surface area contributed by atoms with Gasteiger partial charge in [0.15, 0.2) is 11.5 Å².